The zero-order valence-electron chi connectivity index (χ0n) is 16.0. The van der Waals surface area contributed by atoms with Gasteiger partial charge in [0.05, 0.1) is 6.54 Å². The van der Waals surface area contributed by atoms with Crippen molar-refractivity contribution in [3.63, 3.8) is 0 Å². The van der Waals surface area contributed by atoms with E-state index in [9.17, 15) is 4.79 Å². The number of piperidine rings is 1. The van der Waals surface area contributed by atoms with E-state index >= 15 is 0 Å². The molecule has 0 atom stereocenters. The van der Waals surface area contributed by atoms with Gasteiger partial charge in [-0.25, -0.2) is 9.97 Å². The number of hydrogen-bond acceptors (Lipinski definition) is 6. The Bertz CT molecular complexity index is 791. The lowest BCUT2D eigenvalue weighted by atomic mass is 9.92. The minimum atomic E-state index is 0.0526. The molecule has 7 nitrogen and oxygen atoms in total. The fourth-order valence-electron chi connectivity index (χ4n) is 3.72. The van der Waals surface area contributed by atoms with Crippen LogP contribution in [0, 0.1) is 5.92 Å². The van der Waals surface area contributed by atoms with Crippen LogP contribution in [-0.4, -0.2) is 47.1 Å². The number of fused-ring (bicyclic) bond motifs is 1. The summed E-state index contributed by atoms with van der Waals surface area (Å²) in [4.78, 5) is 23.3. The Morgan fingerprint density at radius 2 is 1.86 bits per heavy atom. The molecule has 148 valence electrons. The van der Waals surface area contributed by atoms with Crippen molar-refractivity contribution in [2.75, 3.05) is 31.6 Å². The molecule has 1 amide bonds. The number of carbonyl (C=O) groups is 1. The molecule has 4 rings (SSSR count). The van der Waals surface area contributed by atoms with E-state index in [0.29, 0.717) is 31.3 Å². The van der Waals surface area contributed by atoms with Crippen LogP contribution in [0.3, 0.4) is 0 Å². The normalized spacial score (nSPS) is 17.3. The molecule has 2 aliphatic heterocycles. The summed E-state index contributed by atoms with van der Waals surface area (Å²) in [6, 6.07) is 7.37. The molecular weight excluding hydrogens is 356 g/mol. The summed E-state index contributed by atoms with van der Waals surface area (Å²) in [5.41, 5.74) is 0.756. The molecule has 0 radical (unpaired) electrons. The summed E-state index contributed by atoms with van der Waals surface area (Å²) in [5.74, 6) is 2.95. The maximum Gasteiger partial charge on any atom is 0.224 e. The van der Waals surface area contributed by atoms with Crippen molar-refractivity contribution in [3.8, 4) is 11.5 Å². The van der Waals surface area contributed by atoms with Crippen LogP contribution in [-0.2, 0) is 11.3 Å². The molecule has 2 aromatic rings. The van der Waals surface area contributed by atoms with Crippen molar-refractivity contribution in [2.24, 2.45) is 5.92 Å². The lowest BCUT2D eigenvalue weighted by molar-refractivity contribution is -0.116. The number of hydrogen-bond donors (Lipinski definition) is 1. The first-order chi connectivity index (χ1) is 13.8. The Morgan fingerprint density at radius 1 is 1.11 bits per heavy atom. The molecule has 7 heteroatoms. The molecule has 0 saturated carbocycles. The lowest BCUT2D eigenvalue weighted by Gasteiger charge is -2.31. The van der Waals surface area contributed by atoms with Crippen molar-refractivity contribution >= 4 is 11.6 Å². The van der Waals surface area contributed by atoms with Crippen LogP contribution in [0.2, 0.25) is 0 Å². The number of likely N-dealkylation sites (tertiary alicyclic amines) is 1. The fraction of sp³-hybridized carbons (Fsp3) is 0.476. The molecule has 2 aliphatic rings. The predicted molar refractivity (Wildman–Crippen MR) is 105 cm³/mol. The summed E-state index contributed by atoms with van der Waals surface area (Å²) in [6.45, 7) is 3.98. The zero-order chi connectivity index (χ0) is 19.2. The number of aromatic nitrogens is 2. The number of nitrogens with zero attached hydrogens (tertiary/aromatic N) is 3. The van der Waals surface area contributed by atoms with E-state index in [1.807, 2.05) is 24.3 Å². The lowest BCUT2D eigenvalue weighted by Crippen LogP contribution is -2.34. The molecule has 1 fully saturated rings. The SMILES string of the molecule is O=C(CCC1CCN(Cc2ncccn2)CC1)Nc1ccc2c(c1)OCCO2. The maximum atomic E-state index is 12.3. The van der Waals surface area contributed by atoms with Crippen molar-refractivity contribution in [1.82, 2.24) is 14.9 Å². The van der Waals surface area contributed by atoms with Gasteiger partial charge in [-0.15, -0.1) is 0 Å². The van der Waals surface area contributed by atoms with E-state index in [0.717, 1.165) is 56.2 Å². The molecule has 1 aromatic carbocycles. The molecule has 28 heavy (non-hydrogen) atoms. The van der Waals surface area contributed by atoms with Crippen LogP contribution in [0.4, 0.5) is 5.69 Å². The van der Waals surface area contributed by atoms with Crippen molar-refractivity contribution in [2.45, 2.75) is 32.2 Å². The zero-order valence-corrected chi connectivity index (χ0v) is 16.0. The minimum absolute atomic E-state index is 0.0526. The van der Waals surface area contributed by atoms with E-state index in [-0.39, 0.29) is 5.91 Å². The summed E-state index contributed by atoms with van der Waals surface area (Å²) < 4.78 is 11.1. The molecule has 3 heterocycles. The first-order valence-electron chi connectivity index (χ1n) is 9.94. The number of nitrogens with one attached hydrogen (secondary N) is 1. The van der Waals surface area contributed by atoms with Gasteiger partial charge in [0.15, 0.2) is 11.5 Å². The highest BCUT2D eigenvalue weighted by Gasteiger charge is 2.21. The Hall–Kier alpha value is -2.67. The van der Waals surface area contributed by atoms with Crippen molar-refractivity contribution in [1.29, 1.82) is 0 Å². The van der Waals surface area contributed by atoms with Crippen molar-refractivity contribution in [3.05, 3.63) is 42.5 Å². The molecule has 0 unspecified atom stereocenters. The standard InChI is InChI=1S/C21H26N4O3/c26-21(24-17-3-4-18-19(14-17)28-13-12-27-18)5-2-16-6-10-25(11-7-16)15-20-22-8-1-9-23-20/h1,3-4,8-9,14,16H,2,5-7,10-13,15H2,(H,24,26). The maximum absolute atomic E-state index is 12.3. The minimum Gasteiger partial charge on any atom is -0.486 e. The highest BCUT2D eigenvalue weighted by molar-refractivity contribution is 5.91. The van der Waals surface area contributed by atoms with Crippen LogP contribution < -0.4 is 14.8 Å². The quantitative estimate of drug-likeness (QED) is 0.828. The highest BCUT2D eigenvalue weighted by Crippen LogP contribution is 2.32. The van der Waals surface area contributed by atoms with Crippen LogP contribution in [0.25, 0.3) is 0 Å². The summed E-state index contributed by atoms with van der Waals surface area (Å²) >= 11 is 0. The van der Waals surface area contributed by atoms with Gasteiger partial charge in [-0.05, 0) is 56.5 Å². The van der Waals surface area contributed by atoms with E-state index < -0.39 is 0 Å². The van der Waals surface area contributed by atoms with E-state index in [1.54, 1.807) is 12.4 Å². The smallest absolute Gasteiger partial charge is 0.224 e. The molecule has 1 N–H and O–H groups in total. The van der Waals surface area contributed by atoms with Gasteiger partial charge in [-0.2, -0.15) is 0 Å². The number of benzene rings is 1. The van der Waals surface area contributed by atoms with Crippen molar-refractivity contribution < 1.29 is 14.3 Å². The monoisotopic (exact) mass is 382 g/mol. The van der Waals surface area contributed by atoms with E-state index in [4.69, 9.17) is 9.47 Å². The summed E-state index contributed by atoms with van der Waals surface area (Å²) in [7, 11) is 0. The van der Waals surface area contributed by atoms with Gasteiger partial charge in [0.1, 0.15) is 19.0 Å². The Labute approximate surface area is 165 Å². The predicted octanol–water partition coefficient (Wildman–Crippen LogP) is 2.88. The molecule has 0 aliphatic carbocycles. The topological polar surface area (TPSA) is 76.6 Å². The fourth-order valence-corrected chi connectivity index (χ4v) is 3.72. The molecule has 1 aromatic heterocycles. The Balaban J connectivity index is 1.18. The van der Waals surface area contributed by atoms with Gasteiger partial charge in [0.25, 0.3) is 0 Å². The summed E-state index contributed by atoms with van der Waals surface area (Å²) in [5, 5.41) is 2.97. The van der Waals surface area contributed by atoms with Gasteiger partial charge in [-0.1, -0.05) is 0 Å². The second-order valence-corrected chi connectivity index (χ2v) is 7.33. The molecular formula is C21H26N4O3. The van der Waals surface area contributed by atoms with Gasteiger partial charge >= 0.3 is 0 Å². The van der Waals surface area contributed by atoms with E-state index in [2.05, 4.69) is 20.2 Å². The second kappa shape index (κ2) is 9.01. The Kier molecular flexibility index (Phi) is 6.01. The third-order valence-corrected chi connectivity index (χ3v) is 5.30. The van der Waals surface area contributed by atoms with Gasteiger partial charge in [0, 0.05) is 30.6 Å². The number of amides is 1. The third-order valence-electron chi connectivity index (χ3n) is 5.30. The number of rotatable bonds is 6. The van der Waals surface area contributed by atoms with Gasteiger partial charge < -0.3 is 14.8 Å². The molecule has 1 saturated heterocycles. The third kappa shape index (κ3) is 4.98. The second-order valence-electron chi connectivity index (χ2n) is 7.33. The number of ether oxygens (including phenoxy) is 2. The van der Waals surface area contributed by atoms with Gasteiger partial charge in [0.2, 0.25) is 5.91 Å². The van der Waals surface area contributed by atoms with Crippen LogP contribution >= 0.6 is 0 Å². The number of anilines is 1. The first kappa shape index (κ1) is 18.7. The summed E-state index contributed by atoms with van der Waals surface area (Å²) in [6.07, 6.45) is 7.27. The Morgan fingerprint density at radius 3 is 2.64 bits per heavy atom. The molecule has 0 spiro atoms. The average Bonchev–Trinajstić information content (AvgIpc) is 2.74. The molecule has 0 bridgehead atoms. The van der Waals surface area contributed by atoms with Gasteiger partial charge in [-0.3, -0.25) is 9.69 Å². The van der Waals surface area contributed by atoms with Crippen LogP contribution in [0.5, 0.6) is 11.5 Å². The van der Waals surface area contributed by atoms with Crippen LogP contribution in [0.15, 0.2) is 36.7 Å². The highest BCUT2D eigenvalue weighted by atomic mass is 16.6. The largest absolute Gasteiger partial charge is 0.486 e. The van der Waals surface area contributed by atoms with E-state index in [1.165, 1.54) is 0 Å². The van der Waals surface area contributed by atoms with Crippen LogP contribution in [0.1, 0.15) is 31.5 Å². The first-order valence-corrected chi connectivity index (χ1v) is 9.94. The number of carbonyl (C=O) groups excluding carboxylic acids is 1. The average molecular weight is 382 g/mol.